The van der Waals surface area contributed by atoms with Crippen LogP contribution in [0.15, 0.2) is 11.4 Å². The predicted molar refractivity (Wildman–Crippen MR) is 75.7 cm³/mol. The number of hydrogen-bond acceptors (Lipinski definition) is 4. The molecule has 0 aliphatic carbocycles. The molecule has 18 heavy (non-hydrogen) atoms. The van der Waals surface area contributed by atoms with E-state index in [1.54, 1.807) is 11.4 Å². The number of nitrogens with one attached hydrogen (secondary N) is 2. The van der Waals surface area contributed by atoms with Gasteiger partial charge in [0.2, 0.25) is 0 Å². The predicted octanol–water partition coefficient (Wildman–Crippen LogP) is 2.83. The van der Waals surface area contributed by atoms with E-state index in [2.05, 4.69) is 31.3 Å². The van der Waals surface area contributed by atoms with Crippen LogP contribution in [0.1, 0.15) is 23.5 Å². The molecule has 0 saturated carbocycles. The van der Waals surface area contributed by atoms with Crippen molar-refractivity contribution < 1.29 is 14.3 Å². The van der Waals surface area contributed by atoms with E-state index >= 15 is 0 Å². The molecule has 0 atom stereocenters. The second kappa shape index (κ2) is 6.19. The fourth-order valence-corrected chi connectivity index (χ4v) is 2.06. The largest absolute Gasteiger partial charge is 0.465 e. The van der Waals surface area contributed by atoms with Gasteiger partial charge in [-0.3, -0.25) is 0 Å². The number of alkyl halides is 1. The first-order chi connectivity index (χ1) is 8.39. The van der Waals surface area contributed by atoms with Crippen LogP contribution in [0.5, 0.6) is 0 Å². The SMILES string of the molecule is COC(=O)c1sccc1NC(=O)NC(C)(C)CBr. The number of carbonyl (C=O) groups excluding carboxylic acids is 2. The molecule has 1 heterocycles. The number of amides is 2. The number of carbonyl (C=O) groups is 2. The molecule has 7 heteroatoms. The third kappa shape index (κ3) is 3.99. The van der Waals surface area contributed by atoms with E-state index in [0.717, 1.165) is 0 Å². The lowest BCUT2D eigenvalue weighted by Gasteiger charge is -2.23. The van der Waals surface area contributed by atoms with Gasteiger partial charge in [-0.15, -0.1) is 11.3 Å². The summed E-state index contributed by atoms with van der Waals surface area (Å²) in [4.78, 5) is 23.6. The molecule has 0 saturated heterocycles. The van der Waals surface area contributed by atoms with Crippen molar-refractivity contribution >= 4 is 45.0 Å². The number of ether oxygens (including phenoxy) is 1. The number of anilines is 1. The minimum Gasteiger partial charge on any atom is -0.465 e. The lowest BCUT2D eigenvalue weighted by Crippen LogP contribution is -2.46. The average Bonchev–Trinajstić information content (AvgIpc) is 2.75. The van der Waals surface area contributed by atoms with Crippen molar-refractivity contribution in [3.05, 3.63) is 16.3 Å². The Hall–Kier alpha value is -1.08. The van der Waals surface area contributed by atoms with E-state index in [-0.39, 0.29) is 11.6 Å². The van der Waals surface area contributed by atoms with Crippen LogP contribution in [-0.4, -0.2) is 30.0 Å². The third-order valence-corrected chi connectivity index (χ3v) is 4.37. The average molecular weight is 335 g/mol. The number of urea groups is 1. The van der Waals surface area contributed by atoms with Crippen LogP contribution in [-0.2, 0) is 4.74 Å². The van der Waals surface area contributed by atoms with Gasteiger partial charge in [0, 0.05) is 10.9 Å². The first kappa shape index (κ1) is 15.0. The second-order valence-corrected chi connectivity index (χ2v) is 5.73. The van der Waals surface area contributed by atoms with Crippen molar-refractivity contribution in [2.75, 3.05) is 17.8 Å². The maximum absolute atomic E-state index is 11.8. The zero-order valence-corrected chi connectivity index (χ0v) is 12.8. The van der Waals surface area contributed by atoms with Gasteiger partial charge in [-0.1, -0.05) is 15.9 Å². The summed E-state index contributed by atoms with van der Waals surface area (Å²) in [5.74, 6) is -0.458. The van der Waals surface area contributed by atoms with Gasteiger partial charge in [-0.05, 0) is 25.3 Å². The topological polar surface area (TPSA) is 67.4 Å². The normalized spacial score (nSPS) is 10.9. The van der Waals surface area contributed by atoms with Gasteiger partial charge in [0.05, 0.1) is 12.8 Å². The summed E-state index contributed by atoms with van der Waals surface area (Å²) in [6.07, 6.45) is 0. The summed E-state index contributed by atoms with van der Waals surface area (Å²) < 4.78 is 4.63. The van der Waals surface area contributed by atoms with Crippen molar-refractivity contribution in [3.8, 4) is 0 Å². The Morgan fingerprint density at radius 2 is 2.17 bits per heavy atom. The van der Waals surface area contributed by atoms with Gasteiger partial charge < -0.3 is 15.4 Å². The van der Waals surface area contributed by atoms with Gasteiger partial charge in [0.25, 0.3) is 0 Å². The fraction of sp³-hybridized carbons (Fsp3) is 0.455. The van der Waals surface area contributed by atoms with Crippen LogP contribution >= 0.6 is 27.3 Å². The van der Waals surface area contributed by atoms with E-state index in [1.807, 2.05) is 13.8 Å². The molecular formula is C11H15BrN2O3S. The minimum atomic E-state index is -0.458. The maximum atomic E-state index is 11.8. The summed E-state index contributed by atoms with van der Waals surface area (Å²) in [5.41, 5.74) is 0.0839. The molecule has 2 amide bonds. The Labute approximate surface area is 118 Å². The monoisotopic (exact) mass is 334 g/mol. The summed E-state index contributed by atoms with van der Waals surface area (Å²) in [7, 11) is 1.31. The number of rotatable bonds is 4. The zero-order chi connectivity index (χ0) is 13.8. The fourth-order valence-electron chi connectivity index (χ4n) is 1.15. The molecule has 0 bridgehead atoms. The Morgan fingerprint density at radius 1 is 1.50 bits per heavy atom. The number of methoxy groups -OCH3 is 1. The van der Waals surface area contributed by atoms with E-state index < -0.39 is 5.97 Å². The van der Waals surface area contributed by atoms with Crippen molar-refractivity contribution in [2.45, 2.75) is 19.4 Å². The van der Waals surface area contributed by atoms with E-state index in [9.17, 15) is 9.59 Å². The van der Waals surface area contributed by atoms with E-state index in [0.29, 0.717) is 15.9 Å². The molecule has 0 unspecified atom stereocenters. The van der Waals surface area contributed by atoms with Gasteiger partial charge in [0.15, 0.2) is 0 Å². The first-order valence-corrected chi connectivity index (χ1v) is 7.20. The molecule has 1 aromatic heterocycles. The highest BCUT2D eigenvalue weighted by atomic mass is 79.9. The molecule has 1 rings (SSSR count). The molecule has 0 fully saturated rings. The summed E-state index contributed by atoms with van der Waals surface area (Å²) in [6, 6.07) is 1.31. The molecular weight excluding hydrogens is 320 g/mol. The van der Waals surface area contributed by atoms with Crippen LogP contribution in [0.4, 0.5) is 10.5 Å². The number of thiophene rings is 1. The summed E-state index contributed by atoms with van der Waals surface area (Å²) in [6.45, 7) is 3.77. The molecule has 0 aromatic carbocycles. The molecule has 0 spiro atoms. The molecule has 0 aliphatic rings. The van der Waals surface area contributed by atoms with Crippen molar-refractivity contribution in [1.29, 1.82) is 0 Å². The van der Waals surface area contributed by atoms with Crippen LogP contribution in [0.25, 0.3) is 0 Å². The van der Waals surface area contributed by atoms with Crippen LogP contribution in [0, 0.1) is 0 Å². The van der Waals surface area contributed by atoms with Gasteiger partial charge in [-0.2, -0.15) is 0 Å². The molecule has 2 N–H and O–H groups in total. The quantitative estimate of drug-likeness (QED) is 0.657. The van der Waals surface area contributed by atoms with Crippen LogP contribution in [0.2, 0.25) is 0 Å². The van der Waals surface area contributed by atoms with Crippen molar-refractivity contribution in [3.63, 3.8) is 0 Å². The summed E-state index contributed by atoms with van der Waals surface area (Å²) in [5, 5.41) is 7.76. The van der Waals surface area contributed by atoms with Crippen LogP contribution in [0.3, 0.4) is 0 Å². The first-order valence-electron chi connectivity index (χ1n) is 5.20. The second-order valence-electron chi connectivity index (χ2n) is 4.25. The van der Waals surface area contributed by atoms with Crippen LogP contribution < -0.4 is 10.6 Å². The number of hydrogen-bond donors (Lipinski definition) is 2. The third-order valence-electron chi connectivity index (χ3n) is 2.07. The lowest BCUT2D eigenvalue weighted by molar-refractivity contribution is 0.0607. The highest BCUT2D eigenvalue weighted by Crippen LogP contribution is 2.23. The number of halogens is 1. The number of esters is 1. The van der Waals surface area contributed by atoms with Crippen molar-refractivity contribution in [1.82, 2.24) is 5.32 Å². The van der Waals surface area contributed by atoms with E-state index in [1.165, 1.54) is 18.4 Å². The highest BCUT2D eigenvalue weighted by Gasteiger charge is 2.21. The molecule has 100 valence electrons. The van der Waals surface area contributed by atoms with Gasteiger partial charge in [0.1, 0.15) is 4.88 Å². The highest BCUT2D eigenvalue weighted by molar-refractivity contribution is 9.09. The molecule has 0 aliphatic heterocycles. The Bertz CT molecular complexity index is 445. The van der Waals surface area contributed by atoms with Gasteiger partial charge in [-0.25, -0.2) is 9.59 Å². The standard InChI is InChI=1S/C11H15BrN2O3S/c1-11(2,6-12)14-10(16)13-7-4-5-18-8(7)9(15)17-3/h4-5H,6H2,1-3H3,(H2,13,14,16). The van der Waals surface area contributed by atoms with Gasteiger partial charge >= 0.3 is 12.0 Å². The van der Waals surface area contributed by atoms with E-state index in [4.69, 9.17) is 0 Å². The zero-order valence-electron chi connectivity index (χ0n) is 10.4. The maximum Gasteiger partial charge on any atom is 0.350 e. The molecule has 0 radical (unpaired) electrons. The van der Waals surface area contributed by atoms with Crippen molar-refractivity contribution in [2.24, 2.45) is 0 Å². The smallest absolute Gasteiger partial charge is 0.350 e. The summed E-state index contributed by atoms with van der Waals surface area (Å²) >= 11 is 4.53. The Morgan fingerprint density at radius 3 is 2.72 bits per heavy atom. The Balaban J connectivity index is 2.71. The molecule has 5 nitrogen and oxygen atoms in total. The Kier molecular flexibility index (Phi) is 5.15. The minimum absolute atomic E-state index is 0.358. The molecule has 1 aromatic rings. The lowest BCUT2D eigenvalue weighted by atomic mass is 10.1.